The van der Waals surface area contributed by atoms with Gasteiger partial charge in [-0.1, -0.05) is 18.2 Å². The van der Waals surface area contributed by atoms with Gasteiger partial charge in [0.25, 0.3) is 0 Å². The monoisotopic (exact) mass is 324 g/mol. The minimum absolute atomic E-state index is 0.240. The molecular weight excluding hydrogens is 308 g/mol. The molecule has 0 bridgehead atoms. The van der Waals surface area contributed by atoms with E-state index >= 15 is 0 Å². The molecule has 3 aromatic rings. The molecule has 5 heteroatoms. The number of hydrogen-bond acceptors (Lipinski definition) is 5. The first kappa shape index (κ1) is 15.8. The van der Waals surface area contributed by atoms with E-state index in [9.17, 15) is 9.59 Å². The van der Waals surface area contributed by atoms with Crippen LogP contribution in [0.15, 0.2) is 69.9 Å². The van der Waals surface area contributed by atoms with E-state index in [0.29, 0.717) is 24.4 Å². The van der Waals surface area contributed by atoms with E-state index in [1.807, 2.05) is 30.3 Å². The highest BCUT2D eigenvalue weighted by Gasteiger charge is 2.07. The van der Waals surface area contributed by atoms with Gasteiger partial charge >= 0.3 is 11.6 Å². The number of carbonyl (C=O) groups is 1. The number of rotatable bonds is 6. The van der Waals surface area contributed by atoms with E-state index in [0.717, 1.165) is 11.1 Å². The molecule has 3 rings (SSSR count). The first-order valence-electron chi connectivity index (χ1n) is 7.63. The van der Waals surface area contributed by atoms with E-state index in [-0.39, 0.29) is 12.4 Å². The highest BCUT2D eigenvalue weighted by Crippen LogP contribution is 2.20. The van der Waals surface area contributed by atoms with Crippen LogP contribution in [-0.2, 0) is 4.79 Å². The average Bonchev–Trinajstić information content (AvgIpc) is 2.59. The SMILES string of the molecule is O=C(CCCOc1ccccc1)Oc1ccc2ccc(=O)oc2c1. The fraction of sp³-hybridized carbons (Fsp3) is 0.158. The second-order valence-electron chi connectivity index (χ2n) is 5.19. The second kappa shape index (κ2) is 7.46. The molecule has 0 atom stereocenters. The second-order valence-corrected chi connectivity index (χ2v) is 5.19. The number of ether oxygens (including phenoxy) is 2. The quantitative estimate of drug-likeness (QED) is 0.300. The summed E-state index contributed by atoms with van der Waals surface area (Å²) in [5.74, 6) is 0.769. The van der Waals surface area contributed by atoms with E-state index < -0.39 is 5.63 Å². The molecule has 24 heavy (non-hydrogen) atoms. The van der Waals surface area contributed by atoms with E-state index in [2.05, 4.69) is 0 Å². The average molecular weight is 324 g/mol. The standard InChI is InChI=1S/C19H16O5/c20-18(7-4-12-22-15-5-2-1-3-6-15)23-16-10-8-14-9-11-19(21)24-17(14)13-16/h1-3,5-6,8-11,13H,4,7,12H2. The molecule has 1 heterocycles. The maximum absolute atomic E-state index is 11.9. The Morgan fingerprint density at radius 2 is 1.75 bits per heavy atom. The summed E-state index contributed by atoms with van der Waals surface area (Å²) >= 11 is 0. The first-order chi connectivity index (χ1) is 11.7. The molecule has 0 saturated heterocycles. The van der Waals surface area contributed by atoms with Gasteiger partial charge in [-0.2, -0.15) is 0 Å². The minimum atomic E-state index is -0.441. The molecule has 0 spiro atoms. The number of benzene rings is 2. The molecule has 0 N–H and O–H groups in total. The summed E-state index contributed by atoms with van der Waals surface area (Å²) in [6.45, 7) is 0.436. The maximum atomic E-state index is 11.9. The van der Waals surface area contributed by atoms with E-state index in [1.165, 1.54) is 12.1 Å². The van der Waals surface area contributed by atoms with Crippen molar-refractivity contribution in [2.45, 2.75) is 12.8 Å². The number of esters is 1. The maximum Gasteiger partial charge on any atom is 0.336 e. The van der Waals surface area contributed by atoms with Crippen molar-refractivity contribution in [1.82, 2.24) is 0 Å². The Balaban J connectivity index is 1.50. The summed E-state index contributed by atoms with van der Waals surface area (Å²) in [5.41, 5.74) is -0.0516. The Kier molecular flexibility index (Phi) is 4.91. The van der Waals surface area contributed by atoms with Gasteiger partial charge in [0.2, 0.25) is 0 Å². The lowest BCUT2D eigenvalue weighted by Crippen LogP contribution is -2.10. The Morgan fingerprint density at radius 1 is 0.958 bits per heavy atom. The van der Waals surface area contributed by atoms with Gasteiger partial charge in [-0.3, -0.25) is 4.79 Å². The molecule has 0 fully saturated rings. The summed E-state index contributed by atoms with van der Waals surface area (Å²) in [6, 6.07) is 17.4. The fourth-order valence-electron chi connectivity index (χ4n) is 2.21. The van der Waals surface area contributed by atoms with Crippen molar-refractivity contribution in [3.63, 3.8) is 0 Å². The molecule has 0 saturated carbocycles. The minimum Gasteiger partial charge on any atom is -0.494 e. The predicted octanol–water partition coefficient (Wildman–Crippen LogP) is 3.56. The highest BCUT2D eigenvalue weighted by molar-refractivity contribution is 5.79. The van der Waals surface area contributed by atoms with Crippen molar-refractivity contribution in [2.75, 3.05) is 6.61 Å². The van der Waals surface area contributed by atoms with Crippen LogP contribution in [0.3, 0.4) is 0 Å². The molecule has 0 amide bonds. The van der Waals surface area contributed by atoms with E-state index in [1.54, 1.807) is 18.2 Å². The number of carbonyl (C=O) groups excluding carboxylic acids is 1. The Hall–Kier alpha value is -3.08. The van der Waals surface area contributed by atoms with Crippen LogP contribution in [0.2, 0.25) is 0 Å². The van der Waals surface area contributed by atoms with Crippen LogP contribution in [0.5, 0.6) is 11.5 Å². The van der Waals surface area contributed by atoms with Crippen LogP contribution in [0.25, 0.3) is 11.0 Å². The zero-order chi connectivity index (χ0) is 16.8. The molecule has 0 aliphatic rings. The number of hydrogen-bond donors (Lipinski definition) is 0. The molecule has 1 aromatic heterocycles. The largest absolute Gasteiger partial charge is 0.494 e. The molecule has 2 aromatic carbocycles. The summed E-state index contributed by atoms with van der Waals surface area (Å²) in [7, 11) is 0. The van der Waals surface area contributed by atoms with Gasteiger partial charge in [0.05, 0.1) is 6.61 Å². The van der Waals surface area contributed by atoms with E-state index in [4.69, 9.17) is 13.9 Å². The van der Waals surface area contributed by atoms with Crippen LogP contribution in [0, 0.1) is 0 Å². The molecule has 0 radical (unpaired) electrons. The highest BCUT2D eigenvalue weighted by atomic mass is 16.5. The molecule has 122 valence electrons. The van der Waals surface area contributed by atoms with Crippen molar-refractivity contribution >= 4 is 16.9 Å². The summed E-state index contributed by atoms with van der Waals surface area (Å²) in [5, 5.41) is 0.769. The lowest BCUT2D eigenvalue weighted by molar-refractivity contribution is -0.134. The van der Waals surface area contributed by atoms with Gasteiger partial charge in [0.1, 0.15) is 17.1 Å². The van der Waals surface area contributed by atoms with Crippen LogP contribution < -0.4 is 15.1 Å². The van der Waals surface area contributed by atoms with Crippen LogP contribution in [0.1, 0.15) is 12.8 Å². The van der Waals surface area contributed by atoms with Crippen molar-refractivity contribution < 1.29 is 18.7 Å². The predicted molar refractivity (Wildman–Crippen MR) is 89.3 cm³/mol. The summed E-state index contributed by atoms with van der Waals surface area (Å²) < 4.78 is 15.8. The van der Waals surface area contributed by atoms with Crippen molar-refractivity contribution in [1.29, 1.82) is 0 Å². The van der Waals surface area contributed by atoms with Gasteiger partial charge in [-0.25, -0.2) is 4.79 Å². The third-order valence-corrected chi connectivity index (χ3v) is 3.36. The van der Waals surface area contributed by atoms with Gasteiger partial charge in [0.15, 0.2) is 0 Å². The lowest BCUT2D eigenvalue weighted by Gasteiger charge is -2.07. The fourth-order valence-corrected chi connectivity index (χ4v) is 2.21. The zero-order valence-electron chi connectivity index (χ0n) is 12.9. The molecule has 0 unspecified atom stereocenters. The Labute approximate surface area is 138 Å². The molecule has 0 aliphatic heterocycles. The number of fused-ring (bicyclic) bond motifs is 1. The Bertz CT molecular complexity index is 883. The molecule has 0 aliphatic carbocycles. The Morgan fingerprint density at radius 3 is 2.58 bits per heavy atom. The van der Waals surface area contributed by atoms with Crippen LogP contribution in [0.4, 0.5) is 0 Å². The smallest absolute Gasteiger partial charge is 0.336 e. The van der Waals surface area contributed by atoms with Crippen molar-refractivity contribution in [2.24, 2.45) is 0 Å². The van der Waals surface area contributed by atoms with Crippen LogP contribution >= 0.6 is 0 Å². The number of para-hydroxylation sites is 1. The zero-order valence-corrected chi connectivity index (χ0v) is 12.9. The van der Waals surface area contributed by atoms with Gasteiger partial charge in [0, 0.05) is 23.9 Å². The van der Waals surface area contributed by atoms with Gasteiger partial charge in [-0.05, 0) is 36.8 Å². The topological polar surface area (TPSA) is 65.7 Å². The van der Waals surface area contributed by atoms with Crippen LogP contribution in [-0.4, -0.2) is 12.6 Å². The normalized spacial score (nSPS) is 10.5. The third kappa shape index (κ3) is 4.23. The van der Waals surface area contributed by atoms with Gasteiger partial charge in [-0.15, -0.1) is 0 Å². The first-order valence-corrected chi connectivity index (χ1v) is 7.63. The lowest BCUT2D eigenvalue weighted by atomic mass is 10.2. The van der Waals surface area contributed by atoms with Crippen molar-refractivity contribution in [3.8, 4) is 11.5 Å². The van der Waals surface area contributed by atoms with Crippen molar-refractivity contribution in [3.05, 3.63) is 71.1 Å². The molecular formula is C19H16O5. The summed E-state index contributed by atoms with van der Waals surface area (Å²) in [4.78, 5) is 23.1. The third-order valence-electron chi connectivity index (χ3n) is 3.36. The summed E-state index contributed by atoms with van der Waals surface area (Å²) in [6.07, 6.45) is 0.792. The van der Waals surface area contributed by atoms with Gasteiger partial charge < -0.3 is 13.9 Å². The molecule has 5 nitrogen and oxygen atoms in total.